The van der Waals surface area contributed by atoms with Crippen LogP contribution in [0, 0.1) is 5.92 Å². The van der Waals surface area contributed by atoms with Gasteiger partial charge in [-0.25, -0.2) is 0 Å². The van der Waals surface area contributed by atoms with Gasteiger partial charge in [0.25, 0.3) is 0 Å². The molecule has 0 saturated carbocycles. The van der Waals surface area contributed by atoms with Crippen molar-refractivity contribution < 1.29 is 0 Å². The second-order valence-corrected chi connectivity index (χ2v) is 7.90. The van der Waals surface area contributed by atoms with Crippen molar-refractivity contribution >= 4 is 29.3 Å². The minimum Gasteiger partial charge on any atom is -0.356 e. The van der Waals surface area contributed by atoms with Gasteiger partial charge in [-0.3, -0.25) is 4.99 Å². The van der Waals surface area contributed by atoms with Crippen LogP contribution in [0.15, 0.2) is 34.4 Å². The van der Waals surface area contributed by atoms with Crippen LogP contribution in [0.25, 0.3) is 0 Å². The first-order valence-electron chi connectivity index (χ1n) is 9.18. The molecule has 0 amide bonds. The highest BCUT2D eigenvalue weighted by atomic mass is 35.5. The Labute approximate surface area is 171 Å². The van der Waals surface area contributed by atoms with E-state index >= 15 is 0 Å². The van der Waals surface area contributed by atoms with Crippen LogP contribution in [0.1, 0.15) is 31.7 Å². The Bertz CT molecular complexity index is 744. The number of hydrogen-bond donors (Lipinski definition) is 2. The average Bonchev–Trinajstić information content (AvgIpc) is 3.02. The second kappa shape index (κ2) is 11.2. The van der Waals surface area contributed by atoms with Crippen molar-refractivity contribution in [3.05, 3.63) is 40.7 Å². The van der Waals surface area contributed by atoms with Crippen LogP contribution >= 0.6 is 23.4 Å². The van der Waals surface area contributed by atoms with E-state index in [1.165, 1.54) is 0 Å². The molecule has 0 bridgehead atoms. The Morgan fingerprint density at radius 1 is 1.30 bits per heavy atom. The van der Waals surface area contributed by atoms with Gasteiger partial charge < -0.3 is 15.2 Å². The highest BCUT2D eigenvalue weighted by molar-refractivity contribution is 7.98. The Kier molecular flexibility index (Phi) is 8.94. The molecule has 148 valence electrons. The lowest BCUT2D eigenvalue weighted by molar-refractivity contribution is 0.477. The maximum Gasteiger partial charge on any atom is 0.191 e. The zero-order chi connectivity index (χ0) is 19.6. The van der Waals surface area contributed by atoms with Crippen LogP contribution in [0.5, 0.6) is 0 Å². The molecule has 2 aromatic rings. The van der Waals surface area contributed by atoms with Crippen LogP contribution < -0.4 is 10.6 Å². The summed E-state index contributed by atoms with van der Waals surface area (Å²) < 4.78 is 2.24. The van der Waals surface area contributed by atoms with Gasteiger partial charge >= 0.3 is 0 Å². The maximum absolute atomic E-state index is 6.02. The van der Waals surface area contributed by atoms with E-state index in [1.54, 1.807) is 18.8 Å². The van der Waals surface area contributed by atoms with E-state index in [4.69, 9.17) is 11.6 Å². The van der Waals surface area contributed by atoms with Crippen molar-refractivity contribution in [2.24, 2.45) is 10.9 Å². The number of hydrogen-bond acceptors (Lipinski definition) is 4. The summed E-state index contributed by atoms with van der Waals surface area (Å²) in [4.78, 5) is 4.27. The lowest BCUT2D eigenvalue weighted by Gasteiger charge is -2.13. The van der Waals surface area contributed by atoms with Crippen LogP contribution in [-0.2, 0) is 19.5 Å². The Balaban J connectivity index is 1.79. The number of aryl methyl sites for hydroxylation is 1. The van der Waals surface area contributed by atoms with Gasteiger partial charge in [0.1, 0.15) is 5.82 Å². The van der Waals surface area contributed by atoms with Gasteiger partial charge in [-0.05, 0) is 36.3 Å². The summed E-state index contributed by atoms with van der Waals surface area (Å²) in [6, 6.07) is 7.81. The van der Waals surface area contributed by atoms with Gasteiger partial charge in [-0.2, -0.15) is 0 Å². The summed E-state index contributed by atoms with van der Waals surface area (Å²) in [5.74, 6) is 2.40. The number of aromatic nitrogens is 3. The predicted octanol–water partition coefficient (Wildman–Crippen LogP) is 3.61. The number of rotatable bonds is 9. The van der Waals surface area contributed by atoms with E-state index < -0.39 is 0 Å². The zero-order valence-corrected chi connectivity index (χ0v) is 18.1. The third-order valence-electron chi connectivity index (χ3n) is 3.97. The molecule has 0 aliphatic carbocycles. The van der Waals surface area contributed by atoms with E-state index in [1.807, 2.05) is 30.5 Å². The summed E-state index contributed by atoms with van der Waals surface area (Å²) in [6.45, 7) is 6.88. The van der Waals surface area contributed by atoms with Crippen molar-refractivity contribution in [3.8, 4) is 0 Å². The lowest BCUT2D eigenvalue weighted by atomic mass is 10.2. The summed E-state index contributed by atoms with van der Waals surface area (Å²) in [5, 5.41) is 17.1. The predicted molar refractivity (Wildman–Crippen MR) is 115 cm³/mol. The molecule has 0 aliphatic rings. The molecule has 0 fully saturated rings. The first-order chi connectivity index (χ1) is 13.0. The molecule has 0 saturated heterocycles. The molecule has 0 unspecified atom stereocenters. The number of nitrogens with zero attached hydrogens (tertiary/aromatic N) is 4. The molecule has 0 aliphatic heterocycles. The fraction of sp³-hybridized carbons (Fsp3) is 0.526. The van der Waals surface area contributed by atoms with E-state index in [0.717, 1.165) is 53.5 Å². The van der Waals surface area contributed by atoms with E-state index in [2.05, 4.69) is 44.2 Å². The monoisotopic (exact) mass is 408 g/mol. The molecule has 0 radical (unpaired) electrons. The molecule has 2 rings (SSSR count). The van der Waals surface area contributed by atoms with Gasteiger partial charge in [0.2, 0.25) is 0 Å². The Morgan fingerprint density at radius 2 is 2.11 bits per heavy atom. The maximum atomic E-state index is 6.02. The molecule has 2 N–H and O–H groups in total. The summed E-state index contributed by atoms with van der Waals surface area (Å²) in [6.07, 6.45) is 3.89. The number of thioether (sulfide) groups is 1. The molecule has 1 aromatic carbocycles. The molecule has 27 heavy (non-hydrogen) atoms. The highest BCUT2D eigenvalue weighted by Gasteiger charge is 2.12. The van der Waals surface area contributed by atoms with Crippen molar-refractivity contribution in [2.45, 2.75) is 44.9 Å². The van der Waals surface area contributed by atoms with E-state index in [9.17, 15) is 0 Å². The first kappa shape index (κ1) is 21.6. The van der Waals surface area contributed by atoms with Gasteiger partial charge in [-0.1, -0.05) is 49.3 Å². The number of nitrogens with one attached hydrogen (secondary N) is 2. The topological polar surface area (TPSA) is 67.1 Å². The van der Waals surface area contributed by atoms with Crippen LogP contribution in [0.2, 0.25) is 5.02 Å². The molecular formula is C19H29ClN6S. The van der Waals surface area contributed by atoms with Gasteiger partial charge in [0, 0.05) is 38.1 Å². The quantitative estimate of drug-likeness (QED) is 0.287. The van der Waals surface area contributed by atoms with E-state index in [0.29, 0.717) is 12.5 Å². The van der Waals surface area contributed by atoms with Crippen LogP contribution in [0.4, 0.5) is 0 Å². The Morgan fingerprint density at radius 3 is 2.78 bits per heavy atom. The van der Waals surface area contributed by atoms with Gasteiger partial charge in [-0.15, -0.1) is 10.2 Å². The molecular weight excluding hydrogens is 380 g/mol. The van der Waals surface area contributed by atoms with Gasteiger partial charge in [0.05, 0.1) is 0 Å². The normalized spacial score (nSPS) is 11.9. The molecule has 1 aromatic heterocycles. The number of guanidine groups is 1. The second-order valence-electron chi connectivity index (χ2n) is 6.69. The average molecular weight is 409 g/mol. The summed E-state index contributed by atoms with van der Waals surface area (Å²) in [5.41, 5.74) is 1.12. The summed E-state index contributed by atoms with van der Waals surface area (Å²) >= 11 is 7.67. The highest BCUT2D eigenvalue weighted by Crippen LogP contribution is 2.16. The van der Waals surface area contributed by atoms with Crippen molar-refractivity contribution in [1.29, 1.82) is 0 Å². The minimum atomic E-state index is 0.568. The van der Waals surface area contributed by atoms with Crippen molar-refractivity contribution in [1.82, 2.24) is 25.4 Å². The van der Waals surface area contributed by atoms with Gasteiger partial charge in [0.15, 0.2) is 11.1 Å². The summed E-state index contributed by atoms with van der Waals surface area (Å²) in [7, 11) is 1.78. The third-order valence-corrected chi connectivity index (χ3v) is 4.87. The molecule has 0 spiro atoms. The number of benzene rings is 1. The fourth-order valence-corrected chi connectivity index (χ4v) is 3.45. The smallest absolute Gasteiger partial charge is 0.191 e. The van der Waals surface area contributed by atoms with Crippen LogP contribution in [-0.4, -0.2) is 40.6 Å². The van der Waals surface area contributed by atoms with E-state index in [-0.39, 0.29) is 0 Å². The van der Waals surface area contributed by atoms with Crippen molar-refractivity contribution in [2.75, 3.05) is 19.8 Å². The standard InChI is InChI=1S/C19H29ClN6S/c1-14(2)13-26-17(24-25-19(26)27-4)9-6-10-22-18(21-3)23-12-15-7-5-8-16(20)11-15/h5,7-8,11,14H,6,9-10,12-13H2,1-4H3,(H2,21,22,23). The SMILES string of the molecule is CN=C(NCCCc1nnc(SC)n1CC(C)C)NCc1cccc(Cl)c1. The third kappa shape index (κ3) is 7.07. The first-order valence-corrected chi connectivity index (χ1v) is 10.8. The van der Waals surface area contributed by atoms with Crippen LogP contribution in [0.3, 0.4) is 0 Å². The molecule has 0 atom stereocenters. The number of aliphatic imine (C=N–C) groups is 1. The molecule has 6 nitrogen and oxygen atoms in total. The zero-order valence-electron chi connectivity index (χ0n) is 16.5. The lowest BCUT2D eigenvalue weighted by Crippen LogP contribution is -2.37. The molecule has 8 heteroatoms. The number of halogens is 1. The Hall–Kier alpha value is -1.73. The fourth-order valence-electron chi connectivity index (χ4n) is 2.71. The van der Waals surface area contributed by atoms with Crippen molar-refractivity contribution in [3.63, 3.8) is 0 Å². The molecule has 1 heterocycles. The largest absolute Gasteiger partial charge is 0.356 e. The minimum absolute atomic E-state index is 0.568.